The Labute approximate surface area is 193 Å². The number of hydrogen-bond acceptors (Lipinski definition) is 6. The van der Waals surface area contributed by atoms with Crippen molar-refractivity contribution in [2.75, 3.05) is 12.3 Å². The minimum atomic E-state index is -0.793. The van der Waals surface area contributed by atoms with E-state index in [-0.39, 0.29) is 12.3 Å². The number of imide groups is 1. The Morgan fingerprint density at radius 3 is 2.75 bits per heavy atom. The lowest BCUT2D eigenvalue weighted by molar-refractivity contribution is -0.126. The Kier molecular flexibility index (Phi) is 7.01. The largest absolute Gasteiger partial charge is 0.355 e. The van der Waals surface area contributed by atoms with Gasteiger partial charge in [0.2, 0.25) is 5.91 Å². The maximum atomic E-state index is 12.0. The van der Waals surface area contributed by atoms with E-state index in [1.165, 1.54) is 16.0 Å². The van der Waals surface area contributed by atoms with Crippen molar-refractivity contribution in [1.82, 2.24) is 25.9 Å². The summed E-state index contributed by atoms with van der Waals surface area (Å²) >= 11 is 3.35. The molecule has 0 saturated carbocycles. The van der Waals surface area contributed by atoms with Gasteiger partial charge in [-0.15, -0.1) is 11.8 Å². The molecule has 1 fully saturated rings. The molecule has 0 radical (unpaired) electrons. The number of H-pyrrole nitrogens is 1. The molecule has 1 unspecified atom stereocenters. The number of carbonyl (C=O) groups is 3. The first-order valence-electron chi connectivity index (χ1n) is 10.2. The lowest BCUT2D eigenvalue weighted by Crippen LogP contribution is -2.36. The number of aromatic amines is 1. The number of benzene rings is 2. The van der Waals surface area contributed by atoms with Crippen LogP contribution in [-0.4, -0.2) is 46.2 Å². The summed E-state index contributed by atoms with van der Waals surface area (Å²) in [5.41, 5.74) is 4.47. The van der Waals surface area contributed by atoms with Crippen LogP contribution < -0.4 is 16.0 Å². The van der Waals surface area contributed by atoms with Gasteiger partial charge in [0.25, 0.3) is 5.91 Å². The molecule has 1 saturated heterocycles. The van der Waals surface area contributed by atoms with Gasteiger partial charge < -0.3 is 15.6 Å². The number of urea groups is 1. The first-order valence-corrected chi connectivity index (χ1v) is 12.1. The molecule has 8 nitrogen and oxygen atoms in total. The number of fused-ring (bicyclic) bond motifs is 1. The second-order valence-corrected chi connectivity index (χ2v) is 9.41. The number of para-hydroxylation sites is 2. The van der Waals surface area contributed by atoms with Crippen LogP contribution in [0.2, 0.25) is 0 Å². The van der Waals surface area contributed by atoms with Gasteiger partial charge in [-0.25, -0.2) is 9.78 Å². The van der Waals surface area contributed by atoms with E-state index >= 15 is 0 Å². The highest BCUT2D eigenvalue weighted by atomic mass is 32.2. The summed E-state index contributed by atoms with van der Waals surface area (Å²) in [5.74, 6) is 0.787. The third-order valence-electron chi connectivity index (χ3n) is 5.06. The molecule has 1 aliphatic rings. The van der Waals surface area contributed by atoms with Crippen LogP contribution >= 0.6 is 23.5 Å². The van der Waals surface area contributed by atoms with Gasteiger partial charge in [-0.1, -0.05) is 36.0 Å². The third kappa shape index (κ3) is 5.43. The number of carbonyl (C=O) groups excluding carboxylic acids is 3. The van der Waals surface area contributed by atoms with E-state index in [2.05, 4.69) is 45.0 Å². The fourth-order valence-electron chi connectivity index (χ4n) is 3.33. The van der Waals surface area contributed by atoms with E-state index < -0.39 is 18.0 Å². The summed E-state index contributed by atoms with van der Waals surface area (Å²) in [7, 11) is 0. The molecular weight excluding hydrogens is 446 g/mol. The van der Waals surface area contributed by atoms with Gasteiger partial charge >= 0.3 is 6.03 Å². The molecule has 1 aliphatic heterocycles. The summed E-state index contributed by atoms with van der Waals surface area (Å²) < 4.78 is 0. The number of amides is 4. The predicted molar refractivity (Wildman–Crippen MR) is 126 cm³/mol. The molecule has 10 heteroatoms. The maximum absolute atomic E-state index is 12.0. The number of thioether (sulfide) groups is 2. The van der Waals surface area contributed by atoms with E-state index in [9.17, 15) is 14.4 Å². The molecule has 0 bridgehead atoms. The second-order valence-electron chi connectivity index (χ2n) is 7.31. The van der Waals surface area contributed by atoms with Crippen molar-refractivity contribution < 1.29 is 14.4 Å². The van der Waals surface area contributed by atoms with E-state index in [4.69, 9.17) is 0 Å². The fraction of sp³-hybridized carbons (Fsp3) is 0.273. The summed E-state index contributed by atoms with van der Waals surface area (Å²) in [4.78, 5) is 43.7. The topological polar surface area (TPSA) is 116 Å². The quantitative estimate of drug-likeness (QED) is 0.218. The summed E-state index contributed by atoms with van der Waals surface area (Å²) in [6, 6.07) is 12.9. The molecule has 0 aliphatic carbocycles. The number of hydrogen-bond donors (Lipinski definition) is 4. The van der Waals surface area contributed by atoms with Crippen LogP contribution in [0.4, 0.5) is 4.79 Å². The smallest absolute Gasteiger partial charge is 0.322 e. The Bertz CT molecular complexity index is 1130. The molecule has 0 spiro atoms. The normalized spacial score (nSPS) is 15.6. The summed E-state index contributed by atoms with van der Waals surface area (Å²) in [5, 5.41) is 8.24. The Hall–Kier alpha value is -2.98. The van der Waals surface area contributed by atoms with Crippen molar-refractivity contribution >= 4 is 52.4 Å². The Morgan fingerprint density at radius 2 is 1.97 bits per heavy atom. The average Bonchev–Trinajstić information content (AvgIpc) is 3.33. The van der Waals surface area contributed by atoms with Crippen molar-refractivity contribution in [3.8, 4) is 0 Å². The monoisotopic (exact) mass is 469 g/mol. The predicted octanol–water partition coefficient (Wildman–Crippen LogP) is 2.97. The molecule has 166 valence electrons. The molecule has 3 aromatic rings. The Balaban J connectivity index is 1.24. The molecular formula is C22H23N5O3S2. The summed E-state index contributed by atoms with van der Waals surface area (Å²) in [6.45, 7) is 2.58. The molecule has 32 heavy (non-hydrogen) atoms. The highest BCUT2D eigenvalue weighted by Gasteiger charge is 2.31. The van der Waals surface area contributed by atoms with E-state index in [0.29, 0.717) is 12.3 Å². The molecule has 4 amide bonds. The van der Waals surface area contributed by atoms with Crippen molar-refractivity contribution in [2.45, 2.75) is 35.2 Å². The average molecular weight is 470 g/mol. The van der Waals surface area contributed by atoms with Gasteiger partial charge in [-0.05, 0) is 36.2 Å². The standard InChI is InChI=1S/C22H23N5O3S2/c1-13-14(12-32-22-25-15-6-2-3-7-16(15)26-22)5-4-8-18(13)31-10-9-23-19(28)11-17-20(29)27-21(30)24-17/h2-8,17H,9-12H2,1H3,(H,23,28)(H,25,26)(H2,24,27,29,30). The van der Waals surface area contributed by atoms with Crippen LogP contribution in [0.25, 0.3) is 11.0 Å². The lowest BCUT2D eigenvalue weighted by Gasteiger charge is -2.11. The van der Waals surface area contributed by atoms with Crippen molar-refractivity contribution in [2.24, 2.45) is 0 Å². The van der Waals surface area contributed by atoms with Crippen LogP contribution in [-0.2, 0) is 15.3 Å². The van der Waals surface area contributed by atoms with Gasteiger partial charge in [0.15, 0.2) is 5.16 Å². The molecule has 4 N–H and O–H groups in total. The number of nitrogens with one attached hydrogen (secondary N) is 4. The molecule has 2 heterocycles. The van der Waals surface area contributed by atoms with E-state index in [1.54, 1.807) is 23.5 Å². The number of nitrogens with zero attached hydrogens (tertiary/aromatic N) is 1. The zero-order chi connectivity index (χ0) is 22.5. The van der Waals surface area contributed by atoms with Gasteiger partial charge in [-0.2, -0.15) is 0 Å². The third-order valence-corrected chi connectivity index (χ3v) is 7.14. The van der Waals surface area contributed by atoms with Gasteiger partial charge in [0, 0.05) is 22.9 Å². The maximum Gasteiger partial charge on any atom is 0.322 e. The molecule has 1 aromatic heterocycles. The first-order chi connectivity index (χ1) is 15.5. The van der Waals surface area contributed by atoms with Gasteiger partial charge in [0.05, 0.1) is 17.5 Å². The van der Waals surface area contributed by atoms with Crippen molar-refractivity contribution in [3.63, 3.8) is 0 Å². The molecule has 1 atom stereocenters. The van der Waals surface area contributed by atoms with E-state index in [0.717, 1.165) is 21.9 Å². The number of rotatable bonds is 9. The Morgan fingerprint density at radius 1 is 1.12 bits per heavy atom. The molecule has 4 rings (SSSR count). The van der Waals surface area contributed by atoms with E-state index in [1.807, 2.05) is 30.3 Å². The van der Waals surface area contributed by atoms with Crippen molar-refractivity contribution in [3.05, 3.63) is 53.6 Å². The van der Waals surface area contributed by atoms with Gasteiger partial charge in [0.1, 0.15) is 6.04 Å². The van der Waals surface area contributed by atoms with Crippen LogP contribution in [0, 0.1) is 6.92 Å². The minimum absolute atomic E-state index is 0.0598. The number of aromatic nitrogens is 2. The van der Waals surface area contributed by atoms with Crippen LogP contribution in [0.1, 0.15) is 17.5 Å². The number of imidazole rings is 1. The highest BCUT2D eigenvalue weighted by Crippen LogP contribution is 2.29. The van der Waals surface area contributed by atoms with Crippen LogP contribution in [0.5, 0.6) is 0 Å². The van der Waals surface area contributed by atoms with Crippen molar-refractivity contribution in [1.29, 1.82) is 0 Å². The lowest BCUT2D eigenvalue weighted by atomic mass is 10.1. The van der Waals surface area contributed by atoms with Crippen LogP contribution in [0.15, 0.2) is 52.5 Å². The molecule has 2 aromatic carbocycles. The zero-order valence-corrected chi connectivity index (χ0v) is 19.1. The first kappa shape index (κ1) is 22.2. The highest BCUT2D eigenvalue weighted by molar-refractivity contribution is 7.99. The SMILES string of the molecule is Cc1c(CSc2nc3ccccc3[nH]2)cccc1SCCNC(=O)CC1NC(=O)NC1=O. The second kappa shape index (κ2) is 10.1. The fourth-order valence-corrected chi connectivity index (χ4v) is 5.22. The zero-order valence-electron chi connectivity index (χ0n) is 17.4. The minimum Gasteiger partial charge on any atom is -0.355 e. The van der Waals surface area contributed by atoms with Crippen LogP contribution in [0.3, 0.4) is 0 Å². The van der Waals surface area contributed by atoms with Gasteiger partial charge in [-0.3, -0.25) is 14.9 Å². The summed E-state index contributed by atoms with van der Waals surface area (Å²) in [6.07, 6.45) is -0.0598.